The van der Waals surface area contributed by atoms with E-state index in [1.165, 1.54) is 33.4 Å². The topological polar surface area (TPSA) is 38.7 Å². The van der Waals surface area contributed by atoms with Gasteiger partial charge in [0.1, 0.15) is 0 Å². The van der Waals surface area contributed by atoms with Crippen LogP contribution in [0.25, 0.3) is 56.4 Å². The molecule has 0 fully saturated rings. The Hall–Kier alpha value is -4.41. The number of aromatic nitrogens is 3. The number of benzene rings is 5. The van der Waals surface area contributed by atoms with Gasteiger partial charge < -0.3 is 0 Å². The zero-order chi connectivity index (χ0) is 27.3. The lowest BCUT2D eigenvalue weighted by atomic mass is 9.81. The molecule has 7 rings (SSSR count). The van der Waals surface area contributed by atoms with E-state index in [9.17, 15) is 0 Å². The number of rotatable bonds is 4. The Labute approximate surface area is 242 Å². The highest BCUT2D eigenvalue weighted by Crippen LogP contribution is 2.50. The molecule has 5 aromatic carbocycles. The van der Waals surface area contributed by atoms with Crippen molar-refractivity contribution in [2.75, 3.05) is 0 Å². The summed E-state index contributed by atoms with van der Waals surface area (Å²) in [5.74, 6) is 2.02. The number of fused-ring (bicyclic) bond motifs is 3. The molecular weight excluding hydrogens is 554 g/mol. The SMILES string of the molecule is CC1(C)c2cc(-c3cccc(Br)c3)ccc2-c2ccc(-c3nc(-c4ccccc4)nc(-c4ccccc4)n3)cc21. The van der Waals surface area contributed by atoms with Gasteiger partial charge in [0.25, 0.3) is 0 Å². The Morgan fingerprint density at radius 1 is 0.450 bits per heavy atom. The fourth-order valence-corrected chi connectivity index (χ4v) is 6.06. The van der Waals surface area contributed by atoms with E-state index in [1.54, 1.807) is 0 Å². The van der Waals surface area contributed by atoms with Crippen LogP contribution in [0.1, 0.15) is 25.0 Å². The molecule has 0 saturated heterocycles. The molecule has 40 heavy (non-hydrogen) atoms. The summed E-state index contributed by atoms with van der Waals surface area (Å²) in [6, 6.07) is 42.2. The standard InChI is InChI=1S/C36H26BrN3/c1-36(2)31-21-26(25-14-9-15-28(37)20-25)16-18-29(31)30-19-17-27(22-32(30)36)35-39-33(23-10-5-3-6-11-23)38-34(40-35)24-12-7-4-8-13-24/h3-22H,1-2H3. The maximum Gasteiger partial charge on any atom is 0.164 e. The van der Waals surface area contributed by atoms with Gasteiger partial charge >= 0.3 is 0 Å². The minimum absolute atomic E-state index is 0.166. The van der Waals surface area contributed by atoms with E-state index >= 15 is 0 Å². The van der Waals surface area contributed by atoms with Crippen LogP contribution in [-0.2, 0) is 5.41 Å². The molecule has 3 nitrogen and oxygen atoms in total. The van der Waals surface area contributed by atoms with Crippen LogP contribution in [0.5, 0.6) is 0 Å². The summed E-state index contributed by atoms with van der Waals surface area (Å²) in [5, 5.41) is 0. The molecule has 0 radical (unpaired) electrons. The molecular formula is C36H26BrN3. The van der Waals surface area contributed by atoms with Gasteiger partial charge in [-0.2, -0.15) is 0 Å². The zero-order valence-corrected chi connectivity index (χ0v) is 23.9. The number of halogens is 1. The van der Waals surface area contributed by atoms with Crippen molar-refractivity contribution in [1.82, 2.24) is 15.0 Å². The van der Waals surface area contributed by atoms with E-state index < -0.39 is 0 Å². The third-order valence-electron chi connectivity index (χ3n) is 7.79. The molecule has 1 heterocycles. The van der Waals surface area contributed by atoms with Crippen molar-refractivity contribution in [3.05, 3.63) is 137 Å². The van der Waals surface area contributed by atoms with Gasteiger partial charge in [-0.1, -0.05) is 127 Å². The Bertz CT molecular complexity index is 1820. The molecule has 6 aromatic rings. The van der Waals surface area contributed by atoms with Gasteiger partial charge in [-0.15, -0.1) is 0 Å². The van der Waals surface area contributed by atoms with Crippen molar-refractivity contribution in [3.63, 3.8) is 0 Å². The van der Waals surface area contributed by atoms with Crippen LogP contribution in [-0.4, -0.2) is 15.0 Å². The first-order chi connectivity index (χ1) is 19.5. The fraction of sp³-hybridized carbons (Fsp3) is 0.0833. The van der Waals surface area contributed by atoms with Crippen molar-refractivity contribution < 1.29 is 0 Å². The Kier molecular flexibility index (Phi) is 5.94. The van der Waals surface area contributed by atoms with Crippen LogP contribution in [0, 0.1) is 0 Å². The quantitative estimate of drug-likeness (QED) is 0.208. The van der Waals surface area contributed by atoms with Crippen LogP contribution in [0.3, 0.4) is 0 Å². The first-order valence-electron chi connectivity index (χ1n) is 13.4. The number of hydrogen-bond acceptors (Lipinski definition) is 3. The first kappa shape index (κ1) is 24.6. The lowest BCUT2D eigenvalue weighted by molar-refractivity contribution is 0.661. The largest absolute Gasteiger partial charge is 0.208 e. The highest BCUT2D eigenvalue weighted by atomic mass is 79.9. The summed E-state index contributed by atoms with van der Waals surface area (Å²) in [7, 11) is 0. The normalized spacial score (nSPS) is 13.1. The average Bonchev–Trinajstić information content (AvgIpc) is 3.23. The lowest BCUT2D eigenvalue weighted by Crippen LogP contribution is -2.15. The predicted molar refractivity (Wildman–Crippen MR) is 167 cm³/mol. The second-order valence-electron chi connectivity index (χ2n) is 10.7. The van der Waals surface area contributed by atoms with Gasteiger partial charge in [-0.3, -0.25) is 0 Å². The molecule has 1 aliphatic carbocycles. The van der Waals surface area contributed by atoms with Crippen LogP contribution < -0.4 is 0 Å². The molecule has 1 aromatic heterocycles. The van der Waals surface area contributed by atoms with Crippen molar-refractivity contribution in [3.8, 4) is 56.4 Å². The summed E-state index contributed by atoms with van der Waals surface area (Å²) in [6.07, 6.45) is 0. The molecule has 0 atom stereocenters. The maximum absolute atomic E-state index is 4.96. The molecule has 0 spiro atoms. The van der Waals surface area contributed by atoms with Crippen molar-refractivity contribution in [2.24, 2.45) is 0 Å². The van der Waals surface area contributed by atoms with Crippen molar-refractivity contribution in [2.45, 2.75) is 19.3 Å². The monoisotopic (exact) mass is 579 g/mol. The van der Waals surface area contributed by atoms with Crippen LogP contribution in [0.2, 0.25) is 0 Å². The smallest absolute Gasteiger partial charge is 0.164 e. The zero-order valence-electron chi connectivity index (χ0n) is 22.3. The lowest BCUT2D eigenvalue weighted by Gasteiger charge is -2.22. The molecule has 0 amide bonds. The highest BCUT2D eigenvalue weighted by molar-refractivity contribution is 9.10. The molecule has 4 heteroatoms. The third kappa shape index (κ3) is 4.25. The Morgan fingerprint density at radius 2 is 0.900 bits per heavy atom. The molecule has 0 saturated carbocycles. The first-order valence-corrected chi connectivity index (χ1v) is 14.2. The second-order valence-corrected chi connectivity index (χ2v) is 11.6. The molecule has 0 N–H and O–H groups in total. The fourth-order valence-electron chi connectivity index (χ4n) is 5.66. The molecule has 0 bridgehead atoms. The maximum atomic E-state index is 4.96. The van der Waals surface area contributed by atoms with Gasteiger partial charge in [-0.05, 0) is 57.6 Å². The highest BCUT2D eigenvalue weighted by Gasteiger charge is 2.36. The average molecular weight is 581 g/mol. The molecule has 192 valence electrons. The van der Waals surface area contributed by atoms with E-state index in [1.807, 2.05) is 60.7 Å². The van der Waals surface area contributed by atoms with Crippen molar-refractivity contribution in [1.29, 1.82) is 0 Å². The van der Waals surface area contributed by atoms with E-state index in [-0.39, 0.29) is 5.41 Å². The van der Waals surface area contributed by atoms with Crippen LogP contribution in [0.4, 0.5) is 0 Å². The predicted octanol–water partition coefficient (Wildman–Crippen LogP) is 9.61. The van der Waals surface area contributed by atoms with Gasteiger partial charge in [-0.25, -0.2) is 15.0 Å². The second kappa shape index (κ2) is 9.65. The number of hydrogen-bond donors (Lipinski definition) is 0. The van der Waals surface area contributed by atoms with E-state index in [0.29, 0.717) is 17.5 Å². The Balaban J connectivity index is 1.35. The van der Waals surface area contributed by atoms with Gasteiger partial charge in [0.2, 0.25) is 0 Å². The molecule has 0 aliphatic heterocycles. The van der Waals surface area contributed by atoms with Crippen molar-refractivity contribution >= 4 is 15.9 Å². The van der Waals surface area contributed by atoms with Crippen LogP contribution >= 0.6 is 15.9 Å². The summed E-state index contributed by atoms with van der Waals surface area (Å²) in [6.45, 7) is 4.62. The number of nitrogens with zero attached hydrogens (tertiary/aromatic N) is 3. The minimum atomic E-state index is -0.166. The molecule has 1 aliphatic rings. The Morgan fingerprint density at radius 3 is 1.45 bits per heavy atom. The third-order valence-corrected chi connectivity index (χ3v) is 8.28. The van der Waals surface area contributed by atoms with E-state index in [4.69, 9.17) is 15.0 Å². The van der Waals surface area contributed by atoms with E-state index in [0.717, 1.165) is 21.2 Å². The van der Waals surface area contributed by atoms with Gasteiger partial charge in [0.15, 0.2) is 17.5 Å². The van der Waals surface area contributed by atoms with E-state index in [2.05, 4.69) is 90.4 Å². The minimum Gasteiger partial charge on any atom is -0.208 e. The summed E-state index contributed by atoms with van der Waals surface area (Å²) < 4.78 is 1.08. The van der Waals surface area contributed by atoms with Gasteiger partial charge in [0, 0.05) is 26.6 Å². The summed E-state index contributed by atoms with van der Waals surface area (Å²) >= 11 is 3.62. The summed E-state index contributed by atoms with van der Waals surface area (Å²) in [4.78, 5) is 14.8. The van der Waals surface area contributed by atoms with Gasteiger partial charge in [0.05, 0.1) is 0 Å². The molecule has 0 unspecified atom stereocenters. The van der Waals surface area contributed by atoms with Crippen LogP contribution in [0.15, 0.2) is 126 Å². The summed E-state index contributed by atoms with van der Waals surface area (Å²) in [5.41, 5.74) is 10.4.